The smallest absolute Gasteiger partial charge is 0.255 e. The van der Waals surface area contributed by atoms with Crippen molar-refractivity contribution in [3.63, 3.8) is 0 Å². The number of carbonyl (C=O) groups is 3. The first kappa shape index (κ1) is 25.2. The van der Waals surface area contributed by atoms with Crippen molar-refractivity contribution in [1.82, 2.24) is 4.90 Å². The van der Waals surface area contributed by atoms with E-state index in [-0.39, 0.29) is 36.3 Å². The molecular formula is C24H29N3O7S. The van der Waals surface area contributed by atoms with Gasteiger partial charge in [0.25, 0.3) is 5.91 Å². The molecule has 1 aromatic carbocycles. The maximum atomic E-state index is 13.7. The van der Waals surface area contributed by atoms with Crippen LogP contribution in [0.25, 0.3) is 0 Å². The molecule has 1 aromatic rings. The number of hydrogen-bond acceptors (Lipinski definition) is 10. The van der Waals surface area contributed by atoms with Crippen LogP contribution in [0.15, 0.2) is 28.7 Å². The van der Waals surface area contributed by atoms with Gasteiger partial charge in [-0.3, -0.25) is 19.3 Å². The van der Waals surface area contributed by atoms with Gasteiger partial charge in [-0.2, -0.15) is 11.8 Å². The van der Waals surface area contributed by atoms with Crippen LogP contribution in [0.3, 0.4) is 0 Å². The van der Waals surface area contributed by atoms with E-state index in [1.54, 1.807) is 20.2 Å². The number of aromatic hydroxyl groups is 1. The number of benzene rings is 1. The summed E-state index contributed by atoms with van der Waals surface area (Å²) in [5, 5.41) is 44.6. The van der Waals surface area contributed by atoms with Gasteiger partial charge < -0.3 is 31.9 Å². The summed E-state index contributed by atoms with van der Waals surface area (Å²) < 4.78 is 0. The Balaban J connectivity index is 1.97. The van der Waals surface area contributed by atoms with Gasteiger partial charge in [-0.05, 0) is 56.3 Å². The SMILES string of the molecule is CSCc1cc(CN)c2c(c1O)C(=O)C1=C(O)C3(O)C(=O)C(C(N)=O)=C(O)C(N(C)C)C3CC1C2. The molecule has 4 atom stereocenters. The van der Waals surface area contributed by atoms with Crippen LogP contribution in [0.1, 0.15) is 33.5 Å². The Kier molecular flexibility index (Phi) is 6.25. The van der Waals surface area contributed by atoms with Crippen molar-refractivity contribution in [2.24, 2.45) is 23.3 Å². The van der Waals surface area contributed by atoms with Crippen LogP contribution in [0, 0.1) is 11.8 Å². The van der Waals surface area contributed by atoms with Crippen LogP contribution < -0.4 is 11.5 Å². The molecule has 4 rings (SSSR count). The van der Waals surface area contributed by atoms with Crippen LogP contribution in [-0.2, 0) is 28.3 Å². The minimum Gasteiger partial charge on any atom is -0.510 e. The number of nitrogens with two attached hydrogens (primary N) is 2. The third-order valence-corrected chi connectivity index (χ3v) is 8.01. The van der Waals surface area contributed by atoms with E-state index in [4.69, 9.17) is 11.5 Å². The van der Waals surface area contributed by atoms with E-state index < -0.39 is 58.0 Å². The maximum Gasteiger partial charge on any atom is 0.255 e. The molecule has 0 fully saturated rings. The molecule has 0 heterocycles. The molecule has 11 heteroatoms. The van der Waals surface area contributed by atoms with Crippen molar-refractivity contribution >= 4 is 29.2 Å². The number of amides is 1. The van der Waals surface area contributed by atoms with Gasteiger partial charge in [0.05, 0.1) is 11.6 Å². The Morgan fingerprint density at radius 1 is 1.23 bits per heavy atom. The van der Waals surface area contributed by atoms with Crippen LogP contribution in [0.4, 0.5) is 0 Å². The molecule has 0 saturated carbocycles. The van der Waals surface area contributed by atoms with E-state index in [1.807, 2.05) is 6.26 Å². The number of primary amides is 1. The molecular weight excluding hydrogens is 474 g/mol. The molecule has 1 amide bonds. The first-order valence-corrected chi connectivity index (χ1v) is 12.5. The van der Waals surface area contributed by atoms with Crippen LogP contribution >= 0.6 is 11.8 Å². The second-order valence-electron chi connectivity index (χ2n) is 9.50. The molecule has 0 bridgehead atoms. The lowest BCUT2D eigenvalue weighted by Crippen LogP contribution is -2.63. The van der Waals surface area contributed by atoms with Crippen molar-refractivity contribution in [1.29, 1.82) is 0 Å². The number of thioether (sulfide) groups is 1. The van der Waals surface area contributed by atoms with Crippen molar-refractivity contribution in [3.8, 4) is 5.75 Å². The quantitative estimate of drug-likeness (QED) is 0.308. The fourth-order valence-electron chi connectivity index (χ4n) is 5.91. The average molecular weight is 504 g/mol. The van der Waals surface area contributed by atoms with Gasteiger partial charge in [0.1, 0.15) is 22.8 Å². The Morgan fingerprint density at radius 2 is 1.89 bits per heavy atom. The maximum absolute atomic E-state index is 13.7. The molecule has 4 unspecified atom stereocenters. The molecule has 35 heavy (non-hydrogen) atoms. The summed E-state index contributed by atoms with van der Waals surface area (Å²) >= 11 is 1.45. The second kappa shape index (κ2) is 8.66. The Morgan fingerprint density at radius 3 is 2.43 bits per heavy atom. The number of nitrogens with zero attached hydrogens (tertiary/aromatic N) is 1. The molecule has 3 aliphatic carbocycles. The zero-order valence-electron chi connectivity index (χ0n) is 19.7. The number of ketones is 2. The standard InChI is InChI=1S/C24H29N3O7S/c1-27(2)17-13-6-9-5-12-10(7-25)4-11(8-35-3)18(28)15(12)19(29)14(9)21(31)24(13,34)22(32)16(20(17)30)23(26)33/h4,9,13,17,28,30-31,34H,5-8,25H2,1-3H3,(H2,26,33). The Labute approximate surface area is 206 Å². The predicted octanol–water partition coefficient (Wildman–Crippen LogP) is 0.442. The monoisotopic (exact) mass is 503 g/mol. The van der Waals surface area contributed by atoms with E-state index in [2.05, 4.69) is 0 Å². The van der Waals surface area contributed by atoms with Gasteiger partial charge >= 0.3 is 0 Å². The molecule has 0 spiro atoms. The highest BCUT2D eigenvalue weighted by Gasteiger charge is 2.63. The third kappa shape index (κ3) is 3.40. The average Bonchev–Trinajstić information content (AvgIpc) is 2.77. The number of carbonyl (C=O) groups excluding carboxylic acids is 3. The minimum atomic E-state index is -2.65. The van der Waals surface area contributed by atoms with Gasteiger partial charge in [0, 0.05) is 29.4 Å². The third-order valence-electron chi connectivity index (χ3n) is 7.41. The Hall–Kier alpha value is -2.86. The topological polar surface area (TPSA) is 187 Å². The lowest BCUT2D eigenvalue weighted by molar-refractivity contribution is -0.148. The summed E-state index contributed by atoms with van der Waals surface area (Å²) in [6.45, 7) is 0.132. The van der Waals surface area contributed by atoms with E-state index in [0.717, 1.165) is 0 Å². The van der Waals surface area contributed by atoms with Gasteiger partial charge in [-0.1, -0.05) is 0 Å². The summed E-state index contributed by atoms with van der Waals surface area (Å²) in [5.74, 6) is -6.14. The fourth-order valence-corrected chi connectivity index (χ4v) is 6.44. The molecule has 0 aromatic heterocycles. The fraction of sp³-hybridized carbons (Fsp3) is 0.458. The van der Waals surface area contributed by atoms with Crippen LogP contribution in [0.5, 0.6) is 5.75 Å². The number of phenols is 1. The first-order chi connectivity index (χ1) is 16.4. The van der Waals surface area contributed by atoms with E-state index in [1.165, 1.54) is 16.7 Å². The highest BCUT2D eigenvalue weighted by atomic mass is 32.2. The minimum absolute atomic E-state index is 0.00205. The molecule has 0 aliphatic heterocycles. The lowest BCUT2D eigenvalue weighted by Gasteiger charge is -2.50. The highest BCUT2D eigenvalue weighted by Crippen LogP contribution is 2.52. The van der Waals surface area contributed by atoms with E-state index in [0.29, 0.717) is 22.4 Å². The van der Waals surface area contributed by atoms with Gasteiger partial charge in [-0.15, -0.1) is 0 Å². The summed E-state index contributed by atoms with van der Waals surface area (Å²) in [6, 6.07) is 0.748. The molecule has 188 valence electrons. The van der Waals surface area contributed by atoms with Gasteiger partial charge in [0.2, 0.25) is 5.78 Å². The van der Waals surface area contributed by atoms with Gasteiger partial charge in [-0.25, -0.2) is 0 Å². The molecule has 10 nitrogen and oxygen atoms in total. The molecule has 8 N–H and O–H groups in total. The number of allylic oxidation sites excluding steroid dienone is 1. The molecule has 3 aliphatic rings. The van der Waals surface area contributed by atoms with Crippen LogP contribution in [0.2, 0.25) is 0 Å². The second-order valence-corrected chi connectivity index (χ2v) is 10.4. The van der Waals surface area contributed by atoms with Crippen LogP contribution in [-0.4, -0.2) is 74.8 Å². The lowest BCUT2D eigenvalue weighted by atomic mass is 9.58. The number of Topliss-reactive ketones (excluding diaryl/α,β-unsaturated/α-hetero) is 2. The van der Waals surface area contributed by atoms with Crippen molar-refractivity contribution in [3.05, 3.63) is 51.0 Å². The van der Waals surface area contributed by atoms with E-state index >= 15 is 0 Å². The number of hydrogen-bond donors (Lipinski definition) is 6. The summed E-state index contributed by atoms with van der Waals surface area (Å²) in [7, 11) is 3.18. The largest absolute Gasteiger partial charge is 0.510 e. The molecule has 0 radical (unpaired) electrons. The zero-order chi connectivity index (χ0) is 26.0. The van der Waals surface area contributed by atoms with Crippen molar-refractivity contribution < 1.29 is 34.8 Å². The highest BCUT2D eigenvalue weighted by molar-refractivity contribution is 7.97. The number of aliphatic hydroxyl groups is 3. The van der Waals surface area contributed by atoms with E-state index in [9.17, 15) is 34.8 Å². The number of likely N-dealkylation sites (N-methyl/N-ethyl adjacent to an activating group) is 1. The summed E-state index contributed by atoms with van der Waals surface area (Å²) in [6.07, 6.45) is 2.12. The number of fused-ring (bicyclic) bond motifs is 3. The Bertz CT molecular complexity index is 1220. The summed E-state index contributed by atoms with van der Waals surface area (Å²) in [5.41, 5.74) is 9.42. The van der Waals surface area contributed by atoms with Crippen molar-refractivity contribution in [2.75, 3.05) is 20.4 Å². The number of aliphatic hydroxyl groups excluding tert-OH is 2. The number of phenolic OH excluding ortho intramolecular Hbond substituents is 1. The van der Waals surface area contributed by atoms with Crippen molar-refractivity contribution in [2.45, 2.75) is 36.8 Å². The normalized spacial score (nSPS) is 28.2. The summed E-state index contributed by atoms with van der Waals surface area (Å²) in [4.78, 5) is 40.5. The predicted molar refractivity (Wildman–Crippen MR) is 129 cm³/mol. The first-order valence-electron chi connectivity index (χ1n) is 11.1. The van der Waals surface area contributed by atoms with Gasteiger partial charge in [0.15, 0.2) is 11.4 Å². The number of rotatable bonds is 5. The zero-order valence-corrected chi connectivity index (χ0v) is 20.5. The molecule has 0 saturated heterocycles.